The van der Waals surface area contributed by atoms with Gasteiger partial charge in [0.2, 0.25) is 0 Å². The van der Waals surface area contributed by atoms with Crippen molar-refractivity contribution in [2.24, 2.45) is 0 Å². The number of pyridine rings is 1. The van der Waals surface area contributed by atoms with Crippen LogP contribution < -0.4 is 0 Å². The molecule has 0 amide bonds. The number of rotatable bonds is 5. The Morgan fingerprint density at radius 1 is 0.735 bits per heavy atom. The zero-order valence-electron chi connectivity index (χ0n) is 29.0. The van der Waals surface area contributed by atoms with Gasteiger partial charge in [-0.25, -0.2) is 0 Å². The summed E-state index contributed by atoms with van der Waals surface area (Å²) in [5.74, 6) is 1.60. The molecular weight excluding hydrogens is 783 g/mol. The fourth-order valence-corrected chi connectivity index (χ4v) is 5.73. The molecule has 0 aliphatic carbocycles. The summed E-state index contributed by atoms with van der Waals surface area (Å²) in [6.07, 6.45) is 6.19. The molecule has 239 valence electrons. The fourth-order valence-electron chi connectivity index (χ4n) is 5.73. The number of nitrogens with zero attached hydrogens (tertiary/aromatic N) is 3. The summed E-state index contributed by atoms with van der Waals surface area (Å²) >= 11 is 0. The van der Waals surface area contributed by atoms with Gasteiger partial charge in [-0.2, -0.15) is 0 Å². The first-order valence-corrected chi connectivity index (χ1v) is 15.5. The van der Waals surface area contributed by atoms with Crippen molar-refractivity contribution in [2.75, 3.05) is 0 Å². The second-order valence-electron chi connectivity index (χ2n) is 11.1. The van der Waals surface area contributed by atoms with E-state index < -0.39 is 6.85 Å². The SMILES string of the molecule is [2H]C([2H])([2H])c1ccc(-c2[c-]cccc2)nc1.[Ir].[c-]1oc2ccc(-c3ccco3)cc2c1-c1nc2ccccc2n1-c1ccc(-c2ccccc2)cc1. The minimum Gasteiger partial charge on any atom is -0.557 e. The summed E-state index contributed by atoms with van der Waals surface area (Å²) in [6, 6.07) is 50.8. The number of hydrogen-bond acceptors (Lipinski definition) is 4. The number of benzene rings is 5. The Bertz CT molecular complexity index is 2540. The van der Waals surface area contributed by atoms with Gasteiger partial charge >= 0.3 is 0 Å². The number of fused-ring (bicyclic) bond motifs is 2. The number of imidazole rings is 1. The topological polar surface area (TPSA) is 57.0 Å². The van der Waals surface area contributed by atoms with Gasteiger partial charge in [0.25, 0.3) is 0 Å². The molecule has 0 atom stereocenters. The molecule has 5 aromatic carbocycles. The monoisotopic (exact) mass is 815 g/mol. The molecule has 5 nitrogen and oxygen atoms in total. The van der Waals surface area contributed by atoms with E-state index in [1.54, 1.807) is 24.5 Å². The third-order valence-corrected chi connectivity index (χ3v) is 8.08. The smallest absolute Gasteiger partial charge is 0.133 e. The normalized spacial score (nSPS) is 12.0. The molecule has 0 bridgehead atoms. The Morgan fingerprint density at radius 2 is 1.53 bits per heavy atom. The molecule has 0 unspecified atom stereocenters. The molecule has 4 heterocycles. The molecule has 4 aromatic heterocycles. The fraction of sp³-hybridized carbons (Fsp3) is 0.0233. The summed E-state index contributed by atoms with van der Waals surface area (Å²) in [5.41, 5.74) is 9.73. The number of para-hydroxylation sites is 2. The number of furan rings is 2. The van der Waals surface area contributed by atoms with Gasteiger partial charge in [-0.15, -0.1) is 35.9 Å². The molecule has 0 N–H and O–H groups in total. The first-order chi connectivity index (χ1) is 24.9. The van der Waals surface area contributed by atoms with Crippen LogP contribution in [-0.2, 0) is 20.1 Å². The van der Waals surface area contributed by atoms with Crippen LogP contribution in [0.25, 0.3) is 72.8 Å². The van der Waals surface area contributed by atoms with Gasteiger partial charge in [-0.3, -0.25) is 4.98 Å². The van der Waals surface area contributed by atoms with Crippen LogP contribution >= 0.6 is 0 Å². The van der Waals surface area contributed by atoms with Crippen LogP contribution in [-0.4, -0.2) is 14.5 Å². The minimum atomic E-state index is -2.09. The van der Waals surface area contributed by atoms with Crippen molar-refractivity contribution in [1.29, 1.82) is 0 Å². The molecule has 0 spiro atoms. The van der Waals surface area contributed by atoms with Crippen molar-refractivity contribution in [3.63, 3.8) is 0 Å². The van der Waals surface area contributed by atoms with Crippen molar-refractivity contribution in [3.05, 3.63) is 176 Å². The number of hydrogen-bond donors (Lipinski definition) is 0. The van der Waals surface area contributed by atoms with Crippen LogP contribution in [0.15, 0.2) is 167 Å². The maximum absolute atomic E-state index is 7.23. The Hall–Kier alpha value is -5.81. The first kappa shape index (κ1) is 28.2. The van der Waals surface area contributed by atoms with Gasteiger partial charge < -0.3 is 18.4 Å². The molecule has 0 saturated heterocycles. The maximum Gasteiger partial charge on any atom is 0.133 e. The molecule has 1 radical (unpaired) electrons. The predicted octanol–water partition coefficient (Wildman–Crippen LogP) is 11.0. The van der Waals surface area contributed by atoms with Crippen LogP contribution in [0.4, 0.5) is 0 Å². The van der Waals surface area contributed by atoms with Crippen molar-refractivity contribution >= 4 is 22.0 Å². The van der Waals surface area contributed by atoms with E-state index >= 15 is 0 Å². The molecule has 9 rings (SSSR count). The minimum absolute atomic E-state index is 0. The van der Waals surface area contributed by atoms with E-state index in [4.69, 9.17) is 17.9 Å². The average molecular weight is 815 g/mol. The quantitative estimate of drug-likeness (QED) is 0.162. The van der Waals surface area contributed by atoms with Gasteiger partial charge in [-0.1, -0.05) is 95.9 Å². The van der Waals surface area contributed by atoms with Gasteiger partial charge in [0.15, 0.2) is 0 Å². The van der Waals surface area contributed by atoms with E-state index in [-0.39, 0.29) is 25.7 Å². The van der Waals surface area contributed by atoms with Crippen LogP contribution in [0, 0.1) is 19.2 Å². The van der Waals surface area contributed by atoms with E-state index in [0.29, 0.717) is 0 Å². The van der Waals surface area contributed by atoms with Crippen LogP contribution in [0.2, 0.25) is 0 Å². The van der Waals surface area contributed by atoms with Crippen molar-refractivity contribution in [1.82, 2.24) is 14.5 Å². The summed E-state index contributed by atoms with van der Waals surface area (Å²) in [4.78, 5) is 9.13. The molecule has 0 saturated carbocycles. The number of aromatic nitrogens is 3. The number of aryl methyl sites for hydroxylation is 1. The Morgan fingerprint density at radius 3 is 2.29 bits per heavy atom. The summed E-state index contributed by atoms with van der Waals surface area (Å²) in [7, 11) is 0. The van der Waals surface area contributed by atoms with Crippen molar-refractivity contribution in [3.8, 4) is 50.8 Å². The van der Waals surface area contributed by atoms with Gasteiger partial charge in [0.05, 0.1) is 23.1 Å². The van der Waals surface area contributed by atoms with E-state index in [1.807, 2.05) is 66.7 Å². The molecule has 0 fully saturated rings. The van der Waals surface area contributed by atoms with E-state index in [2.05, 4.69) is 82.5 Å². The second-order valence-corrected chi connectivity index (χ2v) is 11.1. The summed E-state index contributed by atoms with van der Waals surface area (Å²) < 4.78 is 35.3. The zero-order chi connectivity index (χ0) is 34.8. The zero-order valence-corrected chi connectivity index (χ0v) is 28.4. The Balaban J connectivity index is 0.000000209. The third kappa shape index (κ3) is 6.53. The Kier molecular flexibility index (Phi) is 8.14. The second kappa shape index (κ2) is 14.1. The van der Waals surface area contributed by atoms with Gasteiger partial charge in [0.1, 0.15) is 5.76 Å². The van der Waals surface area contributed by atoms with Crippen LogP contribution in [0.3, 0.4) is 0 Å². The molecule has 6 heteroatoms. The van der Waals surface area contributed by atoms with E-state index in [1.165, 1.54) is 17.3 Å². The van der Waals surface area contributed by atoms with Crippen molar-refractivity contribution in [2.45, 2.75) is 6.85 Å². The standard InChI is InChI=1S/C31H19N2O2.C12H10N.Ir/c1-2-7-21(8-3-1)22-12-15-24(16-13-22)33-28-10-5-4-9-27(28)32-31(33)26-20-35-30-17-14-23(19-25(26)30)29-11-6-18-34-29;1-10-7-8-12(13-9-10)11-5-3-2-4-6-11;/h1-19H;2-5,7-9H,1H3;/q2*-1;/i;1D3;. The molecule has 49 heavy (non-hydrogen) atoms. The summed E-state index contributed by atoms with van der Waals surface area (Å²) in [5, 5.41) is 0.941. The molecular formula is C43H29IrN3O2-2. The van der Waals surface area contributed by atoms with E-state index in [9.17, 15) is 0 Å². The molecule has 0 aliphatic heterocycles. The molecule has 9 aromatic rings. The average Bonchev–Trinajstić information content (AvgIpc) is 3.95. The first-order valence-electron chi connectivity index (χ1n) is 17.0. The van der Waals surface area contributed by atoms with Gasteiger partial charge in [-0.05, 0) is 65.6 Å². The predicted molar refractivity (Wildman–Crippen MR) is 191 cm³/mol. The van der Waals surface area contributed by atoms with Gasteiger partial charge in [0, 0.05) is 53.5 Å². The maximum atomic E-state index is 7.23. The largest absolute Gasteiger partial charge is 0.557 e. The Labute approximate surface area is 302 Å². The van der Waals surface area contributed by atoms with Crippen LogP contribution in [0.5, 0.6) is 0 Å². The summed E-state index contributed by atoms with van der Waals surface area (Å²) in [6.45, 7) is -2.09. The van der Waals surface area contributed by atoms with E-state index in [0.717, 1.165) is 61.7 Å². The van der Waals surface area contributed by atoms with Crippen LogP contribution in [0.1, 0.15) is 9.68 Å². The molecule has 0 aliphatic rings. The third-order valence-electron chi connectivity index (χ3n) is 8.08. The van der Waals surface area contributed by atoms with Crippen molar-refractivity contribution < 1.29 is 33.1 Å².